The first-order valence-corrected chi connectivity index (χ1v) is 41.8. The first-order valence-electron chi connectivity index (χ1n) is 38.1. The van der Waals surface area contributed by atoms with E-state index in [0.717, 1.165) is 77.2 Å². The Kier molecular flexibility index (Phi) is 28.9. The molecule has 0 amide bonds. The highest BCUT2D eigenvalue weighted by atomic mass is 32.2. The van der Waals surface area contributed by atoms with Crippen LogP contribution >= 0.6 is 46.2 Å². The highest BCUT2D eigenvalue weighted by molar-refractivity contribution is 8.16. The van der Waals surface area contributed by atoms with Crippen LogP contribution in [0.4, 0.5) is 4.39 Å². The fourth-order valence-electron chi connectivity index (χ4n) is 13.2. The molecule has 652 valence electrons. The molecular weight excluding hydrogens is 1730 g/mol. The monoisotopic (exact) mass is 1810 g/mol. The van der Waals surface area contributed by atoms with E-state index in [1.54, 1.807) is 75.5 Å². The number of aromatic amines is 7. The molecule has 7 aromatic carbocycles. The molecule has 2 aliphatic rings. The second-order valence-electron chi connectivity index (χ2n) is 27.0. The van der Waals surface area contributed by atoms with Crippen LogP contribution in [0.5, 0.6) is 28.7 Å². The van der Waals surface area contributed by atoms with Gasteiger partial charge in [0.1, 0.15) is 38.0 Å². The molecule has 9 aromatic heterocycles. The third-order valence-corrected chi connectivity index (χ3v) is 23.5. The number of thiazole rings is 2. The third kappa shape index (κ3) is 19.7. The maximum atomic E-state index is 13.3. The standard InChI is InChI=1S/C18H17NO4.C15H14N2O4S.C15H12N2O4S.C14H11FN2O3S.C14H11N3O3.C14H10N2O3S/c1-21-15-8-11(9-16(22-2)18(15)23-3)17(20)13-10-19-14-7-5-4-6-12(13)14;2*1-20-8-3-4-11-9(5-8)10(6-16-11)13(18)14-17-12(7-22-14)15(19)21-2;1-20-14(19)11-6-21-13(17-11)12(18)9-5-16-10-3-2-7(15)4-8(9)10;1-20-14(19)11-7-16-13(17-11)12(18)9-6-15-10-5-3-2-4-8(9)10;1-19-14(18)11-7-16-13(20-11)12(17)9-6-15-10-5-3-2-4-8(9)10/h4-10,19H,1-3H3;3-6,12,16H,7H2,1-2H3;3-7,16H,1-2H3;2-5,11,16H,6H2,1H3;2-7,15H,1H3,(H,16,17);2-7,15H,1H3. The number of fused-ring (bicyclic) bond motifs is 6. The Labute approximate surface area is 740 Å². The molecule has 0 aliphatic carbocycles. The number of ether oxygens (including phenoxy) is 10. The van der Waals surface area contributed by atoms with E-state index in [1.807, 2.05) is 97.1 Å². The van der Waals surface area contributed by atoms with E-state index in [1.165, 1.54) is 117 Å². The number of para-hydroxylation sites is 3. The van der Waals surface area contributed by atoms with Crippen LogP contribution in [0.15, 0.2) is 204 Å². The van der Waals surface area contributed by atoms with Gasteiger partial charge < -0.3 is 82.3 Å². The molecule has 0 radical (unpaired) electrons. The smallest absolute Gasteiger partial charge is 0.357 e. The van der Waals surface area contributed by atoms with E-state index in [-0.39, 0.29) is 67.0 Å². The molecule has 38 heteroatoms. The molecule has 2 unspecified atom stereocenters. The lowest BCUT2D eigenvalue weighted by Crippen LogP contribution is -2.20. The quantitative estimate of drug-likeness (QED) is 0.0188. The molecule has 0 saturated carbocycles. The third-order valence-electron chi connectivity index (χ3n) is 19.6. The van der Waals surface area contributed by atoms with Crippen LogP contribution in [0.1, 0.15) is 114 Å². The van der Waals surface area contributed by atoms with Crippen molar-refractivity contribution in [1.82, 2.24) is 49.8 Å². The number of rotatable bonds is 22. The number of carbonyl (C=O) groups excluding carboxylic acids is 11. The summed E-state index contributed by atoms with van der Waals surface area (Å²) in [6.45, 7) is 0. The molecule has 0 fully saturated rings. The Morgan fingerprint density at radius 3 is 1.25 bits per heavy atom. The zero-order valence-corrected chi connectivity index (χ0v) is 72.6. The van der Waals surface area contributed by atoms with Crippen molar-refractivity contribution < 1.29 is 104 Å². The summed E-state index contributed by atoms with van der Waals surface area (Å²) in [7, 11) is 14.2. The van der Waals surface area contributed by atoms with Gasteiger partial charge in [0.25, 0.3) is 0 Å². The van der Waals surface area contributed by atoms with Crippen molar-refractivity contribution in [1.29, 1.82) is 0 Å². The Morgan fingerprint density at radius 2 is 0.805 bits per heavy atom. The number of aliphatic imine (C=N–C) groups is 2. The van der Waals surface area contributed by atoms with Crippen LogP contribution < -0.4 is 23.7 Å². The predicted molar refractivity (Wildman–Crippen MR) is 480 cm³/mol. The van der Waals surface area contributed by atoms with E-state index in [9.17, 15) is 57.1 Å². The summed E-state index contributed by atoms with van der Waals surface area (Å²) in [5, 5.41) is 7.16. The van der Waals surface area contributed by atoms with E-state index >= 15 is 0 Å². The van der Waals surface area contributed by atoms with Crippen LogP contribution in [0, 0.1) is 5.82 Å². The molecule has 7 N–H and O–H groups in total. The van der Waals surface area contributed by atoms with Gasteiger partial charge in [-0.05, 0) is 84.9 Å². The second-order valence-corrected chi connectivity index (χ2v) is 30.9. The lowest BCUT2D eigenvalue weighted by molar-refractivity contribution is -0.142. The molecule has 33 nitrogen and oxygen atoms in total. The number of methoxy groups -OCH3 is 10. The number of hydrogen-bond donors (Lipinski definition) is 7. The molecule has 18 rings (SSSR count). The van der Waals surface area contributed by atoms with E-state index in [4.69, 9.17) is 23.7 Å². The van der Waals surface area contributed by atoms with Gasteiger partial charge in [0, 0.05) is 131 Å². The van der Waals surface area contributed by atoms with Crippen LogP contribution in [0.3, 0.4) is 0 Å². The minimum Gasteiger partial charge on any atom is -0.497 e. The molecule has 2 atom stereocenters. The molecule has 0 saturated heterocycles. The summed E-state index contributed by atoms with van der Waals surface area (Å²) in [5.74, 6) is -0.636. The average molecular weight is 1810 g/mol. The Bertz CT molecular complexity index is 6860. The van der Waals surface area contributed by atoms with Crippen LogP contribution in [-0.2, 0) is 33.3 Å². The highest BCUT2D eigenvalue weighted by Gasteiger charge is 2.33. The predicted octanol–water partition coefficient (Wildman–Crippen LogP) is 14.8. The van der Waals surface area contributed by atoms with Gasteiger partial charge in [-0.3, -0.25) is 38.8 Å². The Morgan fingerprint density at radius 1 is 0.391 bits per heavy atom. The number of H-pyrrole nitrogens is 7. The Balaban J connectivity index is 0.000000131. The summed E-state index contributed by atoms with van der Waals surface area (Å²) in [6.07, 6.45) is 12.5. The van der Waals surface area contributed by atoms with Crippen LogP contribution in [0.25, 0.3) is 65.4 Å². The van der Waals surface area contributed by atoms with Gasteiger partial charge >= 0.3 is 29.8 Å². The highest BCUT2D eigenvalue weighted by Crippen LogP contribution is 2.40. The van der Waals surface area contributed by atoms with E-state index in [2.05, 4.69) is 83.5 Å². The normalized spacial score (nSPS) is 13.0. The van der Waals surface area contributed by atoms with Gasteiger partial charge in [-0.25, -0.2) is 43.3 Å². The molecule has 16 aromatic rings. The van der Waals surface area contributed by atoms with Crippen LogP contribution in [0.2, 0.25) is 0 Å². The minimum absolute atomic E-state index is 0.107. The number of halogens is 1. The largest absolute Gasteiger partial charge is 0.497 e. The fourth-order valence-corrected chi connectivity index (χ4v) is 16.6. The van der Waals surface area contributed by atoms with Crippen molar-refractivity contribution in [3.63, 3.8) is 0 Å². The maximum absolute atomic E-state index is 13.3. The van der Waals surface area contributed by atoms with Crippen molar-refractivity contribution >= 4 is 186 Å². The molecule has 128 heavy (non-hydrogen) atoms. The molecular formula is C90H75FN12O21S4. The number of nitrogens with one attached hydrogen (secondary N) is 7. The fraction of sp³-hybridized carbons (Fsp3) is 0.156. The zero-order valence-electron chi connectivity index (χ0n) is 69.4. The Hall–Kier alpha value is -15.4. The number of nitrogens with zero attached hydrogens (tertiary/aromatic N) is 5. The molecule has 0 spiro atoms. The number of benzene rings is 7. The van der Waals surface area contributed by atoms with Crippen molar-refractivity contribution in [3.8, 4) is 28.7 Å². The molecule has 0 bridgehead atoms. The second kappa shape index (κ2) is 40.9. The number of Topliss-reactive ketones (excluding diaryl/α,β-unsaturated/α-hetero) is 2. The topological polar surface area (TPSA) is 454 Å². The number of ketones is 6. The summed E-state index contributed by atoms with van der Waals surface area (Å²) in [4.78, 5) is 174. The van der Waals surface area contributed by atoms with Gasteiger partial charge in [-0.15, -0.1) is 46.2 Å². The number of thioether (sulfide) groups is 2. The summed E-state index contributed by atoms with van der Waals surface area (Å²) < 4.78 is 62.6. The number of carbonyl (C=O) groups is 11. The number of aromatic nitrogens is 10. The number of hydrogen-bond acceptors (Lipinski definition) is 30. The van der Waals surface area contributed by atoms with E-state index in [0.29, 0.717) is 100 Å². The lowest BCUT2D eigenvalue weighted by atomic mass is 10.0. The lowest BCUT2D eigenvalue weighted by Gasteiger charge is -2.13. The number of esters is 5. The maximum Gasteiger partial charge on any atom is 0.357 e. The van der Waals surface area contributed by atoms with Crippen molar-refractivity contribution in [2.24, 2.45) is 9.98 Å². The molecule has 11 heterocycles. The SMILES string of the molecule is COC(=O)C1CSC(C(=O)c2c[nH]c3ccc(F)cc23)=N1.COC(=O)C1CSC(C(=O)c2c[nH]c3ccc(OC)cc23)=N1.COC(=O)c1cnc(C(=O)c2c[nH]c3ccccc23)[nH]1.COC(=O)c1cnc(C(=O)c2c[nH]c3ccccc23)s1.COC(=O)c1csc(C(=O)c2c[nH]c3ccc(OC)cc23)n1.COc1cc(C(=O)c2c[nH]c3ccccc23)cc(OC)c1OC. The van der Waals surface area contributed by atoms with E-state index < -0.39 is 47.7 Å². The average Bonchev–Trinajstić information content (AvgIpc) is 1.60. The van der Waals surface area contributed by atoms with Crippen molar-refractivity contribution in [2.45, 2.75) is 12.1 Å². The van der Waals surface area contributed by atoms with Crippen molar-refractivity contribution in [2.75, 3.05) is 82.6 Å². The van der Waals surface area contributed by atoms with Gasteiger partial charge in [-0.1, -0.05) is 54.6 Å². The van der Waals surface area contributed by atoms with Gasteiger partial charge in [0.15, 0.2) is 50.9 Å². The van der Waals surface area contributed by atoms with Gasteiger partial charge in [-0.2, -0.15) is 0 Å². The number of imidazole rings is 1. The summed E-state index contributed by atoms with van der Waals surface area (Å²) >= 11 is 4.62. The van der Waals surface area contributed by atoms with Gasteiger partial charge in [0.2, 0.25) is 34.7 Å². The summed E-state index contributed by atoms with van der Waals surface area (Å²) in [6, 6.07) is 39.8. The van der Waals surface area contributed by atoms with Crippen LogP contribution in [-0.4, -0.2) is 219 Å². The van der Waals surface area contributed by atoms with Crippen molar-refractivity contribution in [3.05, 3.63) is 271 Å². The zero-order chi connectivity index (χ0) is 91.0. The molecule has 2 aliphatic heterocycles. The summed E-state index contributed by atoms with van der Waals surface area (Å²) in [5.41, 5.74) is 8.80. The van der Waals surface area contributed by atoms with Gasteiger partial charge in [0.05, 0.1) is 111 Å². The first-order chi connectivity index (χ1) is 62.0. The first kappa shape index (κ1) is 90.3. The minimum atomic E-state index is -0.652.